The quantitative estimate of drug-likeness (QED) is 0.268. The van der Waals surface area contributed by atoms with E-state index in [4.69, 9.17) is 39.8 Å². The van der Waals surface area contributed by atoms with Gasteiger partial charge in [0.05, 0.1) is 16.3 Å². The number of aromatic nitrogens is 1. The van der Waals surface area contributed by atoms with Gasteiger partial charge in [-0.2, -0.15) is 0 Å². The average Bonchev–Trinajstić information content (AvgIpc) is 3.25. The lowest BCUT2D eigenvalue weighted by molar-refractivity contribution is 0.314. The molecule has 1 aromatic heterocycles. The predicted octanol–water partition coefficient (Wildman–Crippen LogP) is 6.59. The van der Waals surface area contributed by atoms with Crippen molar-refractivity contribution in [2.24, 2.45) is 4.99 Å². The summed E-state index contributed by atoms with van der Waals surface area (Å²) in [6, 6.07) is 22.8. The van der Waals surface area contributed by atoms with Crippen molar-refractivity contribution < 1.29 is 0 Å². The van der Waals surface area contributed by atoms with E-state index >= 15 is 0 Å². The lowest BCUT2D eigenvalue weighted by Gasteiger charge is -2.36. The van der Waals surface area contributed by atoms with Crippen LogP contribution in [-0.2, 0) is 0 Å². The fraction of sp³-hybridized carbons (Fsp3) is 0.161. The van der Waals surface area contributed by atoms with Crippen LogP contribution in [0.3, 0.4) is 0 Å². The Morgan fingerprint density at radius 1 is 0.846 bits per heavy atom. The highest BCUT2D eigenvalue weighted by Crippen LogP contribution is 2.37. The van der Waals surface area contributed by atoms with Gasteiger partial charge in [-0.1, -0.05) is 89.5 Å². The van der Waals surface area contributed by atoms with E-state index in [9.17, 15) is 4.79 Å². The summed E-state index contributed by atoms with van der Waals surface area (Å²) in [5.74, 6) is 0. The molecule has 39 heavy (non-hydrogen) atoms. The van der Waals surface area contributed by atoms with E-state index in [1.807, 2.05) is 83.4 Å². The number of hydrogen-bond acceptors (Lipinski definition) is 4. The van der Waals surface area contributed by atoms with Crippen LogP contribution in [0.1, 0.15) is 29.7 Å². The minimum atomic E-state index is -0.288. The first-order chi connectivity index (χ1) is 18.9. The second-order valence-corrected chi connectivity index (χ2v) is 11.9. The minimum absolute atomic E-state index is 0.0583. The molecule has 0 saturated heterocycles. The second-order valence-electron chi connectivity index (χ2n) is 9.58. The fourth-order valence-corrected chi connectivity index (χ4v) is 6.48. The summed E-state index contributed by atoms with van der Waals surface area (Å²) in [5.41, 5.74) is 6.10. The molecule has 0 fully saturated rings. The van der Waals surface area contributed by atoms with Gasteiger partial charge in [0.2, 0.25) is 0 Å². The molecule has 3 aromatic carbocycles. The molecule has 4 nitrogen and oxygen atoms in total. The average molecular weight is 593 g/mol. The number of nitrogens with zero attached hydrogens (tertiary/aromatic N) is 3. The highest BCUT2D eigenvalue weighted by molar-refractivity contribution is 7.07. The van der Waals surface area contributed by atoms with E-state index in [0.29, 0.717) is 24.4 Å². The van der Waals surface area contributed by atoms with Gasteiger partial charge in [0.1, 0.15) is 0 Å². The number of thiazole rings is 1. The Bertz CT molecular complexity index is 1780. The van der Waals surface area contributed by atoms with Gasteiger partial charge in [-0.3, -0.25) is 14.3 Å². The van der Waals surface area contributed by atoms with Crippen molar-refractivity contribution in [3.05, 3.63) is 141 Å². The smallest absolute Gasteiger partial charge is 0.271 e. The van der Waals surface area contributed by atoms with Gasteiger partial charge in [-0.25, -0.2) is 4.99 Å². The Kier molecular flexibility index (Phi) is 7.36. The van der Waals surface area contributed by atoms with Crippen molar-refractivity contribution in [3.8, 4) is 0 Å². The Labute approximate surface area is 245 Å². The van der Waals surface area contributed by atoms with Crippen LogP contribution >= 0.6 is 46.1 Å². The summed E-state index contributed by atoms with van der Waals surface area (Å²) >= 11 is 19.9. The standard InChI is InChI=1S/C31H24Cl3N3OS/c1-2-36-17-22(15-19-3-9-23(32)10-4-19)28-26(18-36)29(21-7-13-25(34)14-8-21)37-30(38)27(39-31(37)35-28)16-20-5-11-24(33)12-6-20/h3-16,29H,2,17-18H2,1H3. The van der Waals surface area contributed by atoms with E-state index in [2.05, 4.69) is 17.9 Å². The molecule has 2 aliphatic heterocycles. The van der Waals surface area contributed by atoms with Crippen molar-refractivity contribution >= 4 is 58.3 Å². The molecule has 0 N–H and O–H groups in total. The first-order valence-corrected chi connectivity index (χ1v) is 14.6. The van der Waals surface area contributed by atoms with Crippen LogP contribution in [0.2, 0.25) is 15.1 Å². The first-order valence-electron chi connectivity index (χ1n) is 12.6. The number of rotatable bonds is 4. The topological polar surface area (TPSA) is 37.6 Å². The van der Waals surface area contributed by atoms with Crippen LogP contribution in [-0.4, -0.2) is 29.1 Å². The molecule has 196 valence electrons. The van der Waals surface area contributed by atoms with Crippen LogP contribution in [0.15, 0.2) is 99.4 Å². The van der Waals surface area contributed by atoms with Gasteiger partial charge in [-0.05, 0) is 82.9 Å². The SMILES string of the molecule is CCN1CC(=Cc2ccc(Cl)cc2)C2=C(C1)C(c1ccc(Cl)cc1)n1c(sc(=Cc3ccc(Cl)cc3)c1=O)=N2. The van der Waals surface area contributed by atoms with Crippen molar-refractivity contribution in [2.45, 2.75) is 13.0 Å². The van der Waals surface area contributed by atoms with E-state index in [1.54, 1.807) is 0 Å². The van der Waals surface area contributed by atoms with Gasteiger partial charge >= 0.3 is 0 Å². The fourth-order valence-electron chi connectivity index (χ4n) is 5.10. The largest absolute Gasteiger partial charge is 0.295 e. The number of fused-ring (bicyclic) bond motifs is 1. The third-order valence-corrected chi connectivity index (χ3v) is 8.78. The van der Waals surface area contributed by atoms with Crippen LogP contribution in [0.4, 0.5) is 0 Å². The van der Waals surface area contributed by atoms with Gasteiger partial charge < -0.3 is 0 Å². The summed E-state index contributed by atoms with van der Waals surface area (Å²) < 4.78 is 2.47. The predicted molar refractivity (Wildman–Crippen MR) is 163 cm³/mol. The van der Waals surface area contributed by atoms with Gasteiger partial charge in [-0.15, -0.1) is 0 Å². The molecule has 8 heteroatoms. The van der Waals surface area contributed by atoms with Gasteiger partial charge in [0.15, 0.2) is 4.80 Å². The van der Waals surface area contributed by atoms with Crippen LogP contribution in [0.5, 0.6) is 0 Å². The Morgan fingerprint density at radius 3 is 2.00 bits per heavy atom. The normalized spacial score (nSPS) is 18.7. The molecule has 1 atom stereocenters. The second kappa shape index (κ2) is 10.9. The monoisotopic (exact) mass is 591 g/mol. The van der Waals surface area contributed by atoms with Crippen LogP contribution in [0, 0.1) is 0 Å². The molecule has 0 bridgehead atoms. The molecule has 0 spiro atoms. The number of hydrogen-bond donors (Lipinski definition) is 0. The summed E-state index contributed by atoms with van der Waals surface area (Å²) in [5, 5.41) is 2.02. The maximum Gasteiger partial charge on any atom is 0.271 e. The third kappa shape index (κ3) is 5.30. The third-order valence-electron chi connectivity index (χ3n) is 7.04. The minimum Gasteiger partial charge on any atom is -0.295 e. The molecule has 2 aliphatic rings. The Hall–Kier alpha value is -2.93. The molecule has 0 saturated carbocycles. The first kappa shape index (κ1) is 26.3. The van der Waals surface area contributed by atoms with E-state index in [0.717, 1.165) is 53.2 Å². The number of halogens is 3. The zero-order chi connectivity index (χ0) is 27.1. The summed E-state index contributed by atoms with van der Waals surface area (Å²) in [4.78, 5) is 22.1. The molecular weight excluding hydrogens is 569 g/mol. The molecule has 6 rings (SSSR count). The van der Waals surface area contributed by atoms with Crippen molar-refractivity contribution in [1.82, 2.24) is 9.47 Å². The van der Waals surface area contributed by atoms with Crippen LogP contribution in [0.25, 0.3) is 12.2 Å². The van der Waals surface area contributed by atoms with E-state index in [-0.39, 0.29) is 11.6 Å². The van der Waals surface area contributed by atoms with Crippen molar-refractivity contribution in [2.75, 3.05) is 19.6 Å². The van der Waals surface area contributed by atoms with Gasteiger partial charge in [0, 0.05) is 28.2 Å². The zero-order valence-electron chi connectivity index (χ0n) is 21.1. The maximum absolute atomic E-state index is 13.9. The molecule has 3 heterocycles. The summed E-state index contributed by atoms with van der Waals surface area (Å²) in [7, 11) is 0. The molecule has 1 unspecified atom stereocenters. The Balaban J connectivity index is 1.59. The molecular formula is C31H24Cl3N3OS. The summed E-state index contributed by atoms with van der Waals surface area (Å²) in [6.45, 7) is 4.53. The van der Waals surface area contributed by atoms with Crippen molar-refractivity contribution in [1.29, 1.82) is 0 Å². The lowest BCUT2D eigenvalue weighted by atomic mass is 9.89. The maximum atomic E-state index is 13.9. The van der Waals surface area contributed by atoms with Crippen molar-refractivity contribution in [3.63, 3.8) is 0 Å². The Morgan fingerprint density at radius 2 is 1.41 bits per heavy atom. The van der Waals surface area contributed by atoms with E-state index < -0.39 is 0 Å². The van der Waals surface area contributed by atoms with E-state index in [1.165, 1.54) is 11.3 Å². The molecule has 0 amide bonds. The lowest BCUT2D eigenvalue weighted by Crippen LogP contribution is -2.43. The molecule has 4 aromatic rings. The zero-order valence-corrected chi connectivity index (χ0v) is 24.2. The highest BCUT2D eigenvalue weighted by atomic mass is 35.5. The van der Waals surface area contributed by atoms with Crippen LogP contribution < -0.4 is 14.9 Å². The molecule has 0 radical (unpaired) electrons. The summed E-state index contributed by atoms with van der Waals surface area (Å²) in [6.07, 6.45) is 4.09. The number of likely N-dealkylation sites (N-methyl/N-ethyl adjacent to an activating group) is 1. The number of benzene rings is 3. The molecule has 0 aliphatic carbocycles. The van der Waals surface area contributed by atoms with Gasteiger partial charge in [0.25, 0.3) is 5.56 Å². The highest BCUT2D eigenvalue weighted by Gasteiger charge is 2.34.